The molecule has 0 saturated heterocycles. The van der Waals surface area contributed by atoms with E-state index in [1.54, 1.807) is 0 Å². The third-order valence-electron chi connectivity index (χ3n) is 3.10. The molecular weight excluding hydrogens is 274 g/mol. The number of carbonyl (C=O) groups is 1. The summed E-state index contributed by atoms with van der Waals surface area (Å²) in [6.07, 6.45) is 0. The molecule has 2 rings (SSSR count). The molecule has 0 heterocycles. The summed E-state index contributed by atoms with van der Waals surface area (Å²) in [4.78, 5) is 13.8. The van der Waals surface area contributed by atoms with Crippen LogP contribution in [0.4, 0.5) is 14.5 Å². The van der Waals surface area contributed by atoms with Crippen LogP contribution in [0, 0.1) is 11.6 Å². The molecule has 3 nitrogen and oxygen atoms in total. The van der Waals surface area contributed by atoms with Gasteiger partial charge in [0.15, 0.2) is 11.6 Å². The Labute approximate surface area is 122 Å². The van der Waals surface area contributed by atoms with Crippen molar-refractivity contribution in [1.82, 2.24) is 5.32 Å². The van der Waals surface area contributed by atoms with E-state index >= 15 is 0 Å². The molecule has 1 amide bonds. The zero-order chi connectivity index (χ0) is 15.4. The van der Waals surface area contributed by atoms with Gasteiger partial charge in [0, 0.05) is 26.3 Å². The first-order chi connectivity index (χ1) is 9.99. The Bertz CT molecular complexity index is 639. The Morgan fingerprint density at radius 1 is 1.10 bits per heavy atom. The second-order valence-electron chi connectivity index (χ2n) is 4.84. The van der Waals surface area contributed by atoms with Crippen molar-refractivity contribution in [2.45, 2.75) is 6.54 Å². The van der Waals surface area contributed by atoms with Crippen LogP contribution in [0.1, 0.15) is 15.9 Å². The lowest BCUT2D eigenvalue weighted by molar-refractivity contribution is 0.0946. The maximum atomic E-state index is 13.5. The first-order valence-electron chi connectivity index (χ1n) is 6.47. The van der Waals surface area contributed by atoms with E-state index in [1.807, 2.05) is 43.3 Å². The van der Waals surface area contributed by atoms with E-state index < -0.39 is 17.5 Å². The van der Waals surface area contributed by atoms with Crippen molar-refractivity contribution in [3.63, 3.8) is 0 Å². The normalized spacial score (nSPS) is 10.3. The van der Waals surface area contributed by atoms with Crippen LogP contribution in [-0.4, -0.2) is 20.0 Å². The average molecular weight is 290 g/mol. The van der Waals surface area contributed by atoms with Crippen molar-refractivity contribution >= 4 is 11.6 Å². The molecular formula is C16H16F2N2O. The van der Waals surface area contributed by atoms with E-state index in [9.17, 15) is 13.6 Å². The van der Waals surface area contributed by atoms with Crippen LogP contribution in [0.3, 0.4) is 0 Å². The SMILES string of the molecule is CN(C)c1ccc(CNC(=O)c2cccc(F)c2F)cc1. The quantitative estimate of drug-likeness (QED) is 0.939. The third-order valence-corrected chi connectivity index (χ3v) is 3.10. The third kappa shape index (κ3) is 3.56. The van der Waals surface area contributed by atoms with Crippen molar-refractivity contribution < 1.29 is 13.6 Å². The van der Waals surface area contributed by atoms with E-state index in [0.717, 1.165) is 17.3 Å². The zero-order valence-corrected chi connectivity index (χ0v) is 11.9. The number of hydrogen-bond donors (Lipinski definition) is 1. The van der Waals surface area contributed by atoms with Crippen molar-refractivity contribution in [3.05, 3.63) is 65.2 Å². The van der Waals surface area contributed by atoms with Gasteiger partial charge in [0.05, 0.1) is 5.56 Å². The average Bonchev–Trinajstić information content (AvgIpc) is 2.48. The lowest BCUT2D eigenvalue weighted by Gasteiger charge is -2.13. The van der Waals surface area contributed by atoms with Crippen molar-refractivity contribution in [3.8, 4) is 0 Å². The van der Waals surface area contributed by atoms with Gasteiger partial charge in [-0.05, 0) is 29.8 Å². The molecule has 110 valence electrons. The fraction of sp³-hybridized carbons (Fsp3) is 0.188. The van der Waals surface area contributed by atoms with Crippen LogP contribution in [-0.2, 0) is 6.54 Å². The van der Waals surface area contributed by atoms with E-state index in [4.69, 9.17) is 0 Å². The standard InChI is InChI=1S/C16H16F2N2O/c1-20(2)12-8-6-11(7-9-12)10-19-16(21)13-4-3-5-14(17)15(13)18/h3-9H,10H2,1-2H3,(H,19,21). The molecule has 0 aliphatic heterocycles. The Morgan fingerprint density at radius 3 is 2.38 bits per heavy atom. The number of benzene rings is 2. The molecule has 0 radical (unpaired) electrons. The maximum absolute atomic E-state index is 13.5. The molecule has 0 fully saturated rings. The van der Waals surface area contributed by atoms with Crippen molar-refractivity contribution in [1.29, 1.82) is 0 Å². The van der Waals surface area contributed by atoms with Crippen molar-refractivity contribution in [2.24, 2.45) is 0 Å². The number of rotatable bonds is 4. The largest absolute Gasteiger partial charge is 0.378 e. The number of anilines is 1. The highest BCUT2D eigenvalue weighted by atomic mass is 19.2. The van der Waals surface area contributed by atoms with Crippen LogP contribution in [0.15, 0.2) is 42.5 Å². The lowest BCUT2D eigenvalue weighted by atomic mass is 10.1. The number of halogens is 2. The zero-order valence-electron chi connectivity index (χ0n) is 11.9. The molecule has 0 saturated carbocycles. The van der Waals surface area contributed by atoms with Gasteiger partial charge < -0.3 is 10.2 Å². The number of nitrogens with zero attached hydrogens (tertiary/aromatic N) is 1. The monoisotopic (exact) mass is 290 g/mol. The minimum atomic E-state index is -1.13. The molecule has 0 aromatic heterocycles. The van der Waals surface area contributed by atoms with Crippen LogP contribution in [0.2, 0.25) is 0 Å². The molecule has 0 unspecified atom stereocenters. The van der Waals surface area contributed by atoms with E-state index in [0.29, 0.717) is 0 Å². The van der Waals surface area contributed by atoms with Crippen LogP contribution in [0.25, 0.3) is 0 Å². The van der Waals surface area contributed by atoms with Gasteiger partial charge in [0.2, 0.25) is 0 Å². The summed E-state index contributed by atoms with van der Waals surface area (Å²) in [5.74, 6) is -2.79. The molecule has 21 heavy (non-hydrogen) atoms. The second kappa shape index (κ2) is 6.35. The van der Waals surface area contributed by atoms with Crippen LogP contribution in [0.5, 0.6) is 0 Å². The number of nitrogens with one attached hydrogen (secondary N) is 1. The van der Waals surface area contributed by atoms with Crippen LogP contribution >= 0.6 is 0 Å². The highest BCUT2D eigenvalue weighted by Crippen LogP contribution is 2.13. The van der Waals surface area contributed by atoms with E-state index in [2.05, 4.69) is 5.32 Å². The summed E-state index contributed by atoms with van der Waals surface area (Å²) < 4.78 is 26.5. The van der Waals surface area contributed by atoms with Gasteiger partial charge in [-0.1, -0.05) is 18.2 Å². The van der Waals surface area contributed by atoms with E-state index in [-0.39, 0.29) is 12.1 Å². The smallest absolute Gasteiger partial charge is 0.254 e. The van der Waals surface area contributed by atoms with Gasteiger partial charge in [-0.2, -0.15) is 0 Å². The van der Waals surface area contributed by atoms with Crippen LogP contribution < -0.4 is 10.2 Å². The summed E-state index contributed by atoms with van der Waals surface area (Å²) in [6, 6.07) is 11.1. The first kappa shape index (κ1) is 15.0. The lowest BCUT2D eigenvalue weighted by Crippen LogP contribution is -2.24. The Hall–Kier alpha value is -2.43. The Kier molecular flexibility index (Phi) is 4.52. The number of hydrogen-bond acceptors (Lipinski definition) is 2. The molecule has 0 spiro atoms. The molecule has 5 heteroatoms. The summed E-state index contributed by atoms with van der Waals surface area (Å²) in [5, 5.41) is 2.57. The van der Waals surface area contributed by atoms with Gasteiger partial charge >= 0.3 is 0 Å². The molecule has 2 aromatic carbocycles. The summed E-state index contributed by atoms with van der Waals surface area (Å²) >= 11 is 0. The molecule has 1 N–H and O–H groups in total. The summed E-state index contributed by atoms with van der Waals surface area (Å²) in [7, 11) is 3.87. The van der Waals surface area contributed by atoms with Gasteiger partial charge in [-0.3, -0.25) is 4.79 Å². The summed E-state index contributed by atoms with van der Waals surface area (Å²) in [6.45, 7) is 0.252. The molecule has 0 aliphatic carbocycles. The van der Waals surface area contributed by atoms with E-state index in [1.165, 1.54) is 12.1 Å². The first-order valence-corrected chi connectivity index (χ1v) is 6.47. The molecule has 2 aromatic rings. The predicted octanol–water partition coefficient (Wildman–Crippen LogP) is 2.96. The Morgan fingerprint density at radius 2 is 1.76 bits per heavy atom. The fourth-order valence-electron chi connectivity index (χ4n) is 1.87. The van der Waals surface area contributed by atoms with Gasteiger partial charge in [0.1, 0.15) is 0 Å². The molecule has 0 bridgehead atoms. The molecule has 0 aliphatic rings. The second-order valence-corrected chi connectivity index (χ2v) is 4.84. The van der Waals surface area contributed by atoms with Gasteiger partial charge in [-0.25, -0.2) is 8.78 Å². The Balaban J connectivity index is 2.02. The van der Waals surface area contributed by atoms with Gasteiger partial charge in [0.25, 0.3) is 5.91 Å². The summed E-state index contributed by atoms with van der Waals surface area (Å²) in [5.41, 5.74) is 1.63. The fourth-order valence-corrected chi connectivity index (χ4v) is 1.87. The van der Waals surface area contributed by atoms with Gasteiger partial charge in [-0.15, -0.1) is 0 Å². The highest BCUT2D eigenvalue weighted by molar-refractivity contribution is 5.94. The number of carbonyl (C=O) groups excluding carboxylic acids is 1. The minimum absolute atomic E-state index is 0.252. The number of amides is 1. The highest BCUT2D eigenvalue weighted by Gasteiger charge is 2.14. The van der Waals surface area contributed by atoms with Crippen molar-refractivity contribution in [2.75, 3.05) is 19.0 Å². The minimum Gasteiger partial charge on any atom is -0.378 e. The molecule has 0 atom stereocenters. The topological polar surface area (TPSA) is 32.3 Å². The predicted molar refractivity (Wildman–Crippen MR) is 78.3 cm³/mol. The maximum Gasteiger partial charge on any atom is 0.254 e.